The van der Waals surface area contributed by atoms with Crippen molar-refractivity contribution >= 4 is 11.9 Å². The summed E-state index contributed by atoms with van der Waals surface area (Å²) in [5, 5.41) is 23.7. The standard InChI is InChI=1S/C54H93NO5/c1-4-7-10-13-16-19-22-24-25-26-27-29-32-35-38-41-44-47-54(59)60-50(45-42-39-36-33-30-21-18-15-12-9-6-3)48-53(58)55-51(49-56)52(57)46-43-40-37-34-31-28-23-20-17-14-11-8-5-2/h9,12,15-16,18-19,21,24-25,27,29-30,35,38,50-52,56-57H,4-8,10-11,13-14,17,20,22-23,26,28,31-34,36-37,39-49H2,1-3H3,(H,55,58)/b12-9+,18-15+,19-16-,25-24-,29-27-,30-21-,38-35-. The number of esters is 1. The maximum Gasteiger partial charge on any atom is 0.306 e. The Bertz CT molecular complexity index is 1160. The van der Waals surface area contributed by atoms with Crippen molar-refractivity contribution in [2.75, 3.05) is 6.61 Å². The molecule has 0 rings (SSSR count). The summed E-state index contributed by atoms with van der Waals surface area (Å²) in [6, 6.07) is -0.727. The number of carbonyl (C=O) groups is 2. The zero-order valence-electron chi connectivity index (χ0n) is 39.1. The number of ether oxygens (including phenoxy) is 1. The van der Waals surface area contributed by atoms with Gasteiger partial charge in [-0.25, -0.2) is 0 Å². The number of hydrogen-bond acceptors (Lipinski definition) is 5. The van der Waals surface area contributed by atoms with Crippen LogP contribution < -0.4 is 5.32 Å². The average Bonchev–Trinajstić information content (AvgIpc) is 3.24. The van der Waals surface area contributed by atoms with Crippen molar-refractivity contribution < 1.29 is 24.5 Å². The first-order chi connectivity index (χ1) is 29.5. The van der Waals surface area contributed by atoms with Crippen LogP contribution in [0.4, 0.5) is 0 Å². The normalized spacial score (nSPS) is 14.0. The van der Waals surface area contributed by atoms with Crippen LogP contribution in [0.3, 0.4) is 0 Å². The lowest BCUT2D eigenvalue weighted by Crippen LogP contribution is -2.46. The highest BCUT2D eigenvalue weighted by Crippen LogP contribution is 2.17. The van der Waals surface area contributed by atoms with Gasteiger partial charge < -0.3 is 20.3 Å². The van der Waals surface area contributed by atoms with Crippen LogP contribution in [0.25, 0.3) is 0 Å². The van der Waals surface area contributed by atoms with Crippen molar-refractivity contribution in [1.29, 1.82) is 0 Å². The molecule has 60 heavy (non-hydrogen) atoms. The van der Waals surface area contributed by atoms with Gasteiger partial charge in [0.05, 0.1) is 25.2 Å². The number of carbonyl (C=O) groups excluding carboxylic acids is 2. The van der Waals surface area contributed by atoms with Gasteiger partial charge in [0.1, 0.15) is 6.10 Å². The molecule has 0 aliphatic rings. The molecule has 6 heteroatoms. The second kappa shape index (κ2) is 47.1. The third kappa shape index (κ3) is 41.8. The largest absolute Gasteiger partial charge is 0.462 e. The van der Waals surface area contributed by atoms with E-state index in [2.05, 4.69) is 99.0 Å². The van der Waals surface area contributed by atoms with Crippen LogP contribution in [0.5, 0.6) is 0 Å². The van der Waals surface area contributed by atoms with Crippen molar-refractivity contribution in [3.8, 4) is 0 Å². The van der Waals surface area contributed by atoms with Gasteiger partial charge in [-0.05, 0) is 83.5 Å². The van der Waals surface area contributed by atoms with Crippen molar-refractivity contribution in [3.05, 3.63) is 85.1 Å². The molecule has 3 N–H and O–H groups in total. The first kappa shape index (κ1) is 57.0. The van der Waals surface area contributed by atoms with Crippen molar-refractivity contribution in [1.82, 2.24) is 5.32 Å². The second-order valence-corrected chi connectivity index (χ2v) is 16.5. The zero-order valence-corrected chi connectivity index (χ0v) is 39.1. The lowest BCUT2D eigenvalue weighted by Gasteiger charge is -2.24. The van der Waals surface area contributed by atoms with E-state index in [0.717, 1.165) is 77.0 Å². The highest BCUT2D eigenvalue weighted by Gasteiger charge is 2.24. The molecular formula is C54H93NO5. The van der Waals surface area contributed by atoms with Gasteiger partial charge in [-0.3, -0.25) is 9.59 Å². The van der Waals surface area contributed by atoms with Gasteiger partial charge in [0, 0.05) is 6.42 Å². The maximum atomic E-state index is 13.2. The molecule has 0 aromatic heterocycles. The number of aliphatic hydroxyl groups is 2. The Kier molecular flexibility index (Phi) is 44.8. The number of allylic oxidation sites excluding steroid dienone is 14. The van der Waals surface area contributed by atoms with E-state index in [0.29, 0.717) is 25.7 Å². The Morgan fingerprint density at radius 3 is 1.53 bits per heavy atom. The fourth-order valence-corrected chi connectivity index (χ4v) is 7.01. The number of nitrogens with one attached hydrogen (secondary N) is 1. The van der Waals surface area contributed by atoms with Crippen LogP contribution in [-0.2, 0) is 14.3 Å². The molecule has 0 fully saturated rings. The molecular weight excluding hydrogens is 743 g/mol. The molecule has 0 aromatic rings. The lowest BCUT2D eigenvalue weighted by molar-refractivity contribution is -0.151. The third-order valence-corrected chi connectivity index (χ3v) is 10.8. The van der Waals surface area contributed by atoms with Gasteiger partial charge in [-0.1, -0.05) is 209 Å². The quantitative estimate of drug-likeness (QED) is 0.0246. The number of unbranched alkanes of at least 4 members (excludes halogenated alkanes) is 19. The van der Waals surface area contributed by atoms with Crippen molar-refractivity contribution in [2.24, 2.45) is 0 Å². The highest BCUT2D eigenvalue weighted by atomic mass is 16.5. The molecule has 0 saturated heterocycles. The average molecular weight is 836 g/mol. The fourth-order valence-electron chi connectivity index (χ4n) is 7.01. The van der Waals surface area contributed by atoms with Crippen LogP contribution in [-0.4, -0.2) is 46.9 Å². The zero-order chi connectivity index (χ0) is 43.8. The molecule has 1 amide bonds. The van der Waals surface area contributed by atoms with Crippen LogP contribution in [0.15, 0.2) is 85.1 Å². The number of amides is 1. The molecule has 3 atom stereocenters. The highest BCUT2D eigenvalue weighted by molar-refractivity contribution is 5.77. The van der Waals surface area contributed by atoms with E-state index in [9.17, 15) is 19.8 Å². The van der Waals surface area contributed by atoms with Gasteiger partial charge in [-0.2, -0.15) is 0 Å². The first-order valence-electron chi connectivity index (χ1n) is 24.8. The summed E-state index contributed by atoms with van der Waals surface area (Å²) in [7, 11) is 0. The Labute approximate surface area is 370 Å². The van der Waals surface area contributed by atoms with Crippen LogP contribution in [0, 0.1) is 0 Å². The summed E-state index contributed by atoms with van der Waals surface area (Å²) in [6.07, 6.45) is 60.8. The van der Waals surface area contributed by atoms with Gasteiger partial charge in [0.25, 0.3) is 0 Å². The Hall–Kier alpha value is -2.96. The van der Waals surface area contributed by atoms with Crippen molar-refractivity contribution in [2.45, 2.75) is 238 Å². The molecule has 0 radical (unpaired) electrons. The first-order valence-corrected chi connectivity index (χ1v) is 24.8. The van der Waals surface area contributed by atoms with Crippen molar-refractivity contribution in [3.63, 3.8) is 0 Å². The van der Waals surface area contributed by atoms with E-state index in [-0.39, 0.29) is 24.9 Å². The minimum absolute atomic E-state index is 0.0286. The van der Waals surface area contributed by atoms with Crippen LogP contribution >= 0.6 is 0 Å². The number of hydrogen-bond donors (Lipinski definition) is 3. The monoisotopic (exact) mass is 836 g/mol. The molecule has 0 saturated carbocycles. The third-order valence-electron chi connectivity index (χ3n) is 10.8. The topological polar surface area (TPSA) is 95.9 Å². The van der Waals surface area contributed by atoms with E-state index >= 15 is 0 Å². The van der Waals surface area contributed by atoms with Gasteiger partial charge in [0.2, 0.25) is 5.91 Å². The maximum absolute atomic E-state index is 13.2. The van der Waals surface area contributed by atoms with Gasteiger partial charge in [0.15, 0.2) is 0 Å². The van der Waals surface area contributed by atoms with Crippen LogP contribution in [0.2, 0.25) is 0 Å². The summed E-state index contributed by atoms with van der Waals surface area (Å²) in [4.78, 5) is 26.0. The Morgan fingerprint density at radius 1 is 0.517 bits per heavy atom. The van der Waals surface area contributed by atoms with E-state index < -0.39 is 18.2 Å². The van der Waals surface area contributed by atoms with Crippen LogP contribution in [0.1, 0.15) is 220 Å². The molecule has 3 unspecified atom stereocenters. The molecule has 344 valence electrons. The fraction of sp³-hybridized carbons (Fsp3) is 0.704. The predicted molar refractivity (Wildman–Crippen MR) is 259 cm³/mol. The SMILES string of the molecule is CC/C=C/C=C/C=C\CCCCCC(CC(=O)NC(CO)C(O)CCCCCCCCCCCCCCC)OC(=O)CCC/C=C\C/C=C\C/C=C\C/C=C\CCCCC. The van der Waals surface area contributed by atoms with E-state index in [1.807, 2.05) is 12.2 Å². The number of aliphatic hydroxyl groups excluding tert-OH is 2. The summed E-state index contributed by atoms with van der Waals surface area (Å²) in [5.41, 5.74) is 0. The lowest BCUT2D eigenvalue weighted by atomic mass is 10.0. The van der Waals surface area contributed by atoms with Gasteiger partial charge >= 0.3 is 5.97 Å². The van der Waals surface area contributed by atoms with E-state index in [1.54, 1.807) is 0 Å². The Morgan fingerprint density at radius 2 is 0.967 bits per heavy atom. The predicted octanol–water partition coefficient (Wildman–Crippen LogP) is 14.8. The summed E-state index contributed by atoms with van der Waals surface area (Å²) in [6.45, 7) is 6.28. The molecule has 0 bridgehead atoms. The molecule has 0 aliphatic carbocycles. The smallest absolute Gasteiger partial charge is 0.306 e. The molecule has 0 heterocycles. The van der Waals surface area contributed by atoms with Gasteiger partial charge in [-0.15, -0.1) is 0 Å². The minimum Gasteiger partial charge on any atom is -0.462 e. The molecule has 0 aromatic carbocycles. The molecule has 0 aliphatic heterocycles. The van der Waals surface area contributed by atoms with E-state index in [4.69, 9.17) is 4.74 Å². The second-order valence-electron chi connectivity index (χ2n) is 16.5. The number of rotatable bonds is 43. The van der Waals surface area contributed by atoms with E-state index in [1.165, 1.54) is 89.9 Å². The Balaban J connectivity index is 4.68. The molecule has 0 spiro atoms. The summed E-state index contributed by atoms with van der Waals surface area (Å²) in [5.74, 6) is -0.582. The summed E-state index contributed by atoms with van der Waals surface area (Å²) < 4.78 is 5.87. The minimum atomic E-state index is -0.809. The molecule has 6 nitrogen and oxygen atoms in total. The summed E-state index contributed by atoms with van der Waals surface area (Å²) >= 11 is 0.